The maximum Gasteiger partial charge on any atom is 0.306 e. The first-order valence-corrected chi connectivity index (χ1v) is 34.4. The van der Waals surface area contributed by atoms with Crippen LogP contribution in [0.5, 0.6) is 0 Å². The van der Waals surface area contributed by atoms with E-state index in [0.717, 1.165) is 96.3 Å². The number of carbonyl (C=O) groups is 3. The van der Waals surface area contributed by atoms with Gasteiger partial charge in [-0.25, -0.2) is 0 Å². The van der Waals surface area contributed by atoms with Crippen molar-refractivity contribution in [1.29, 1.82) is 0 Å². The molecule has 0 heterocycles. The highest BCUT2D eigenvalue weighted by molar-refractivity contribution is 5.71. The van der Waals surface area contributed by atoms with Gasteiger partial charge in [-0.2, -0.15) is 0 Å². The molecule has 0 saturated heterocycles. The lowest BCUT2D eigenvalue weighted by atomic mass is 10.0. The third kappa shape index (κ3) is 65.5. The first-order valence-electron chi connectivity index (χ1n) is 34.4. The lowest BCUT2D eigenvalue weighted by molar-refractivity contribution is -0.167. The van der Waals surface area contributed by atoms with Gasteiger partial charge in [0.15, 0.2) is 6.10 Å². The summed E-state index contributed by atoms with van der Waals surface area (Å²) in [6, 6.07) is 0. The Balaban J connectivity index is 4.35. The zero-order chi connectivity index (χ0) is 57.1. The average molecular weight is 1100 g/mol. The summed E-state index contributed by atoms with van der Waals surface area (Å²) in [4.78, 5) is 38.4. The van der Waals surface area contributed by atoms with Crippen molar-refractivity contribution in [1.82, 2.24) is 0 Å². The smallest absolute Gasteiger partial charge is 0.306 e. The third-order valence-electron chi connectivity index (χ3n) is 15.2. The number of allylic oxidation sites excluding steroid dienone is 12. The zero-order valence-corrected chi connectivity index (χ0v) is 52.6. The summed E-state index contributed by atoms with van der Waals surface area (Å²) in [6.07, 6.45) is 87.8. The van der Waals surface area contributed by atoms with Crippen LogP contribution in [0.15, 0.2) is 72.9 Å². The van der Waals surface area contributed by atoms with E-state index in [-0.39, 0.29) is 31.1 Å². The van der Waals surface area contributed by atoms with Crippen molar-refractivity contribution < 1.29 is 28.6 Å². The third-order valence-corrected chi connectivity index (χ3v) is 15.2. The molecule has 458 valence electrons. The van der Waals surface area contributed by atoms with Gasteiger partial charge in [-0.1, -0.05) is 318 Å². The fraction of sp³-hybridized carbons (Fsp3) is 0.795. The van der Waals surface area contributed by atoms with E-state index in [0.29, 0.717) is 19.3 Å². The lowest BCUT2D eigenvalue weighted by Crippen LogP contribution is -2.30. The van der Waals surface area contributed by atoms with E-state index in [4.69, 9.17) is 14.2 Å². The SMILES string of the molecule is CC/C=C\C/C=C\C/C=C\C/C=C\C/C=C\CCCCCC(=O)OC(COC(=O)CCCCCCCCC/C=C\CCCCCCCC)COC(=O)CCCCCCCCCCCCCCCCCCCCCCCCCCC. The van der Waals surface area contributed by atoms with Crippen molar-refractivity contribution in [3.63, 3.8) is 0 Å². The molecule has 0 aromatic heterocycles. The van der Waals surface area contributed by atoms with E-state index in [2.05, 4.69) is 93.7 Å². The molecule has 79 heavy (non-hydrogen) atoms. The first kappa shape index (κ1) is 75.8. The minimum absolute atomic E-state index is 0.0870. The predicted molar refractivity (Wildman–Crippen MR) is 344 cm³/mol. The van der Waals surface area contributed by atoms with E-state index in [1.165, 1.54) is 218 Å². The van der Waals surface area contributed by atoms with Gasteiger partial charge in [0.05, 0.1) is 0 Å². The van der Waals surface area contributed by atoms with Crippen molar-refractivity contribution in [3.05, 3.63) is 72.9 Å². The summed E-state index contributed by atoms with van der Waals surface area (Å²) >= 11 is 0. The topological polar surface area (TPSA) is 78.9 Å². The Morgan fingerprint density at radius 1 is 0.266 bits per heavy atom. The van der Waals surface area contributed by atoms with Crippen LogP contribution in [0.4, 0.5) is 0 Å². The monoisotopic (exact) mass is 1100 g/mol. The second-order valence-corrected chi connectivity index (χ2v) is 23.1. The summed E-state index contributed by atoms with van der Waals surface area (Å²) in [5, 5.41) is 0. The van der Waals surface area contributed by atoms with Gasteiger partial charge in [0.2, 0.25) is 0 Å². The average Bonchev–Trinajstić information content (AvgIpc) is 3.45. The molecule has 0 aliphatic carbocycles. The van der Waals surface area contributed by atoms with E-state index >= 15 is 0 Å². The highest BCUT2D eigenvalue weighted by Gasteiger charge is 2.19. The molecule has 0 aliphatic rings. The molecule has 0 aromatic rings. The fourth-order valence-electron chi connectivity index (χ4n) is 10.1. The van der Waals surface area contributed by atoms with Crippen molar-refractivity contribution in [3.8, 4) is 0 Å². The van der Waals surface area contributed by atoms with Gasteiger partial charge in [-0.3, -0.25) is 14.4 Å². The van der Waals surface area contributed by atoms with Gasteiger partial charge in [-0.05, 0) is 89.9 Å². The molecular formula is C73H130O6. The summed E-state index contributed by atoms with van der Waals surface area (Å²) in [5.41, 5.74) is 0. The zero-order valence-electron chi connectivity index (χ0n) is 52.6. The van der Waals surface area contributed by atoms with Crippen LogP contribution in [0.25, 0.3) is 0 Å². The molecule has 1 unspecified atom stereocenters. The maximum atomic E-state index is 12.9. The highest BCUT2D eigenvalue weighted by Crippen LogP contribution is 2.18. The summed E-state index contributed by atoms with van der Waals surface area (Å²) in [6.45, 7) is 6.55. The summed E-state index contributed by atoms with van der Waals surface area (Å²) < 4.78 is 17.0. The van der Waals surface area contributed by atoms with Gasteiger partial charge in [0.25, 0.3) is 0 Å². The Labute approximate surface area is 491 Å². The molecule has 6 heteroatoms. The normalized spacial score (nSPS) is 12.5. The van der Waals surface area contributed by atoms with Crippen LogP contribution < -0.4 is 0 Å². The molecule has 0 bridgehead atoms. The summed E-state index contributed by atoms with van der Waals surface area (Å²) in [5.74, 6) is -0.904. The molecule has 0 amide bonds. The predicted octanol–water partition coefficient (Wildman–Crippen LogP) is 23.7. The van der Waals surface area contributed by atoms with Crippen molar-refractivity contribution in [2.45, 2.75) is 361 Å². The van der Waals surface area contributed by atoms with Crippen LogP contribution in [-0.4, -0.2) is 37.2 Å². The van der Waals surface area contributed by atoms with Crippen molar-refractivity contribution >= 4 is 17.9 Å². The van der Waals surface area contributed by atoms with E-state index in [9.17, 15) is 14.4 Å². The second-order valence-electron chi connectivity index (χ2n) is 23.1. The largest absolute Gasteiger partial charge is 0.462 e. The van der Waals surface area contributed by atoms with Crippen LogP contribution in [0.2, 0.25) is 0 Å². The molecular weight excluding hydrogens is 973 g/mol. The fourth-order valence-corrected chi connectivity index (χ4v) is 10.1. The Morgan fingerprint density at radius 3 is 0.797 bits per heavy atom. The number of carbonyl (C=O) groups excluding carboxylic acids is 3. The Bertz CT molecular complexity index is 1450. The van der Waals surface area contributed by atoms with Crippen LogP contribution in [0.1, 0.15) is 355 Å². The Kier molecular flexibility index (Phi) is 64.7. The molecule has 0 rings (SSSR count). The van der Waals surface area contributed by atoms with E-state index < -0.39 is 6.10 Å². The van der Waals surface area contributed by atoms with E-state index in [1.54, 1.807) is 0 Å². The second kappa shape index (κ2) is 67.4. The van der Waals surface area contributed by atoms with Crippen LogP contribution in [0, 0.1) is 0 Å². The lowest BCUT2D eigenvalue weighted by Gasteiger charge is -2.18. The van der Waals surface area contributed by atoms with Crippen molar-refractivity contribution in [2.75, 3.05) is 13.2 Å². The Morgan fingerprint density at radius 2 is 0.494 bits per heavy atom. The first-order chi connectivity index (χ1) is 39.0. The van der Waals surface area contributed by atoms with Crippen LogP contribution >= 0.6 is 0 Å². The van der Waals surface area contributed by atoms with Gasteiger partial charge in [0, 0.05) is 19.3 Å². The van der Waals surface area contributed by atoms with Crippen LogP contribution in [0.3, 0.4) is 0 Å². The standard InChI is InChI=1S/C73H130O6/c1-4-7-10-13-16-19-22-25-28-31-33-34-35-36-37-38-40-42-45-48-51-54-57-60-63-66-72(75)78-69-70(68-77-71(74)65-62-59-56-53-50-47-44-41-30-27-24-21-18-15-12-9-6-3)79-73(76)67-64-61-58-55-52-49-46-43-39-32-29-26-23-20-17-14-11-8-5-2/h8,11,17,20,26-27,29-30,39,43,49,52,70H,4-7,9-10,12-16,18-19,21-25,28,31-38,40-42,44-48,50-51,53-69H2,1-3H3/b11-8-,20-17-,29-26-,30-27-,43-39-,52-49-. The quantitative estimate of drug-likeness (QED) is 0.0261. The number of hydrogen-bond donors (Lipinski definition) is 0. The Hall–Kier alpha value is -3.15. The van der Waals surface area contributed by atoms with Gasteiger partial charge >= 0.3 is 17.9 Å². The molecule has 0 saturated carbocycles. The minimum Gasteiger partial charge on any atom is -0.462 e. The maximum absolute atomic E-state index is 12.9. The number of esters is 3. The number of unbranched alkanes of at least 4 members (excludes halogenated alkanes) is 40. The number of ether oxygens (including phenoxy) is 3. The molecule has 6 nitrogen and oxygen atoms in total. The summed E-state index contributed by atoms with van der Waals surface area (Å²) in [7, 11) is 0. The molecule has 0 radical (unpaired) electrons. The molecule has 0 spiro atoms. The van der Waals surface area contributed by atoms with Gasteiger partial charge in [-0.15, -0.1) is 0 Å². The highest BCUT2D eigenvalue weighted by atomic mass is 16.6. The van der Waals surface area contributed by atoms with Crippen molar-refractivity contribution in [2.24, 2.45) is 0 Å². The molecule has 0 aromatic carbocycles. The van der Waals surface area contributed by atoms with Gasteiger partial charge in [0.1, 0.15) is 13.2 Å². The minimum atomic E-state index is -0.795. The molecule has 0 aliphatic heterocycles. The van der Waals surface area contributed by atoms with E-state index in [1.807, 2.05) is 0 Å². The number of hydrogen-bond acceptors (Lipinski definition) is 6. The van der Waals surface area contributed by atoms with Gasteiger partial charge < -0.3 is 14.2 Å². The molecule has 0 N–H and O–H groups in total. The van der Waals surface area contributed by atoms with Crippen LogP contribution in [-0.2, 0) is 28.6 Å². The number of rotatable bonds is 63. The molecule has 0 fully saturated rings. The molecule has 1 atom stereocenters.